The van der Waals surface area contributed by atoms with Gasteiger partial charge in [0.05, 0.1) is 6.61 Å². The Hall–Kier alpha value is -0.930. The van der Waals surface area contributed by atoms with Gasteiger partial charge in [-0.25, -0.2) is 4.39 Å². The third-order valence-electron chi connectivity index (χ3n) is 1.75. The molecule has 1 rings (SSSR count). The van der Waals surface area contributed by atoms with Gasteiger partial charge < -0.3 is 10.2 Å². The Kier molecular flexibility index (Phi) is 2.45. The Morgan fingerprint density at radius 1 is 1.50 bits per heavy atom. The fraction of sp³-hybridized carbons (Fsp3) is 0.333. The van der Waals surface area contributed by atoms with Crippen LogP contribution in [0.25, 0.3) is 0 Å². The van der Waals surface area contributed by atoms with Gasteiger partial charge in [0.25, 0.3) is 0 Å². The van der Waals surface area contributed by atoms with Gasteiger partial charge in [-0.2, -0.15) is 0 Å². The highest BCUT2D eigenvalue weighted by atomic mass is 19.1. The van der Waals surface area contributed by atoms with Crippen LogP contribution in [0.5, 0.6) is 0 Å². The van der Waals surface area contributed by atoms with Crippen LogP contribution in [0.1, 0.15) is 12.5 Å². The smallest absolute Gasteiger partial charge is 0.123 e. The standard InChI is InChI=1S/C9H11FO2/c1-9(12,6-11)7-3-2-4-8(10)5-7/h2-5,11-12H,6H2,1H3. The summed E-state index contributed by atoms with van der Waals surface area (Å²) in [5.41, 5.74) is -0.979. The fourth-order valence-corrected chi connectivity index (χ4v) is 0.915. The first-order chi connectivity index (χ1) is 5.56. The average molecular weight is 170 g/mol. The molecule has 12 heavy (non-hydrogen) atoms. The van der Waals surface area contributed by atoms with E-state index in [2.05, 4.69) is 0 Å². The third kappa shape index (κ3) is 1.81. The van der Waals surface area contributed by atoms with Crippen molar-refractivity contribution in [2.45, 2.75) is 12.5 Å². The summed E-state index contributed by atoms with van der Waals surface area (Å²) in [7, 11) is 0. The molecule has 1 aromatic rings. The Balaban J connectivity index is 3.03. The molecule has 0 amide bonds. The highest BCUT2D eigenvalue weighted by molar-refractivity contribution is 5.22. The maximum absolute atomic E-state index is 12.6. The second kappa shape index (κ2) is 3.21. The maximum Gasteiger partial charge on any atom is 0.123 e. The zero-order valence-corrected chi connectivity index (χ0v) is 6.79. The summed E-state index contributed by atoms with van der Waals surface area (Å²) < 4.78 is 12.6. The number of hydrogen-bond acceptors (Lipinski definition) is 2. The van der Waals surface area contributed by atoms with Crippen LogP contribution in [-0.4, -0.2) is 16.8 Å². The van der Waals surface area contributed by atoms with Gasteiger partial charge in [0, 0.05) is 0 Å². The molecule has 0 aromatic heterocycles. The highest BCUT2D eigenvalue weighted by Gasteiger charge is 2.21. The maximum atomic E-state index is 12.6. The van der Waals surface area contributed by atoms with E-state index in [1.54, 1.807) is 6.07 Å². The second-order valence-corrected chi connectivity index (χ2v) is 2.94. The van der Waals surface area contributed by atoms with Gasteiger partial charge in [-0.3, -0.25) is 0 Å². The molecular formula is C9H11FO2. The summed E-state index contributed by atoms with van der Waals surface area (Å²) in [6.07, 6.45) is 0. The molecule has 0 aliphatic heterocycles. The lowest BCUT2D eigenvalue weighted by atomic mass is 9.97. The molecular weight excluding hydrogens is 159 g/mol. The molecule has 0 bridgehead atoms. The van der Waals surface area contributed by atoms with Crippen LogP contribution >= 0.6 is 0 Å². The molecule has 1 aromatic carbocycles. The summed E-state index contributed by atoms with van der Waals surface area (Å²) in [5.74, 6) is -0.416. The SMILES string of the molecule is CC(O)(CO)c1cccc(F)c1. The van der Waals surface area contributed by atoms with E-state index in [4.69, 9.17) is 5.11 Å². The summed E-state index contributed by atoms with van der Waals surface area (Å²) in [4.78, 5) is 0. The van der Waals surface area contributed by atoms with E-state index in [-0.39, 0.29) is 0 Å². The van der Waals surface area contributed by atoms with E-state index in [1.807, 2.05) is 0 Å². The zero-order chi connectivity index (χ0) is 9.19. The third-order valence-corrected chi connectivity index (χ3v) is 1.75. The molecule has 0 saturated heterocycles. The molecule has 0 spiro atoms. The molecule has 2 N–H and O–H groups in total. The lowest BCUT2D eigenvalue weighted by Gasteiger charge is -2.20. The van der Waals surface area contributed by atoms with Crippen molar-refractivity contribution in [2.75, 3.05) is 6.61 Å². The molecule has 0 fully saturated rings. The number of halogens is 1. The molecule has 2 nitrogen and oxygen atoms in total. The van der Waals surface area contributed by atoms with Crippen LogP contribution in [0.2, 0.25) is 0 Å². The summed E-state index contributed by atoms with van der Waals surface area (Å²) >= 11 is 0. The molecule has 0 radical (unpaired) electrons. The fourth-order valence-electron chi connectivity index (χ4n) is 0.915. The van der Waals surface area contributed by atoms with Crippen molar-refractivity contribution < 1.29 is 14.6 Å². The van der Waals surface area contributed by atoms with Gasteiger partial charge in [-0.05, 0) is 24.6 Å². The zero-order valence-electron chi connectivity index (χ0n) is 6.79. The van der Waals surface area contributed by atoms with Crippen molar-refractivity contribution in [2.24, 2.45) is 0 Å². The van der Waals surface area contributed by atoms with Gasteiger partial charge >= 0.3 is 0 Å². The van der Waals surface area contributed by atoms with Gasteiger partial charge in [0.15, 0.2) is 0 Å². The minimum atomic E-state index is -1.36. The molecule has 0 heterocycles. The molecule has 3 heteroatoms. The normalized spacial score (nSPS) is 15.7. The van der Waals surface area contributed by atoms with E-state index in [1.165, 1.54) is 25.1 Å². The van der Waals surface area contributed by atoms with Crippen molar-refractivity contribution in [3.8, 4) is 0 Å². The van der Waals surface area contributed by atoms with Crippen molar-refractivity contribution in [3.05, 3.63) is 35.6 Å². The van der Waals surface area contributed by atoms with Crippen molar-refractivity contribution >= 4 is 0 Å². The van der Waals surface area contributed by atoms with Crippen LogP contribution in [0.15, 0.2) is 24.3 Å². The second-order valence-electron chi connectivity index (χ2n) is 2.94. The lowest BCUT2D eigenvalue weighted by molar-refractivity contribution is -0.00250. The number of aliphatic hydroxyl groups excluding tert-OH is 1. The first kappa shape index (κ1) is 9.16. The molecule has 66 valence electrons. The minimum Gasteiger partial charge on any atom is -0.393 e. The Bertz CT molecular complexity index is 271. The summed E-state index contributed by atoms with van der Waals surface area (Å²) in [5, 5.41) is 18.3. The quantitative estimate of drug-likeness (QED) is 0.695. The van der Waals surface area contributed by atoms with E-state index < -0.39 is 18.0 Å². The van der Waals surface area contributed by atoms with Gasteiger partial charge in [-0.1, -0.05) is 12.1 Å². The Labute approximate surface area is 70.3 Å². The number of aliphatic hydroxyl groups is 2. The Morgan fingerprint density at radius 2 is 2.17 bits per heavy atom. The highest BCUT2D eigenvalue weighted by Crippen LogP contribution is 2.19. The van der Waals surface area contributed by atoms with Crippen molar-refractivity contribution in [1.82, 2.24) is 0 Å². The van der Waals surface area contributed by atoms with Gasteiger partial charge in [0.2, 0.25) is 0 Å². The van der Waals surface area contributed by atoms with Gasteiger partial charge in [0.1, 0.15) is 11.4 Å². The molecule has 0 aliphatic carbocycles. The van der Waals surface area contributed by atoms with Crippen LogP contribution < -0.4 is 0 Å². The molecule has 0 aliphatic rings. The van der Waals surface area contributed by atoms with Gasteiger partial charge in [-0.15, -0.1) is 0 Å². The van der Waals surface area contributed by atoms with Crippen LogP contribution in [0, 0.1) is 5.82 Å². The van der Waals surface area contributed by atoms with Crippen LogP contribution in [0.3, 0.4) is 0 Å². The Morgan fingerprint density at radius 3 is 2.67 bits per heavy atom. The predicted molar refractivity (Wildman–Crippen MR) is 43.1 cm³/mol. The largest absolute Gasteiger partial charge is 0.393 e. The molecule has 0 saturated carbocycles. The summed E-state index contributed by atoms with van der Waals surface area (Å²) in [6, 6.07) is 5.56. The van der Waals surface area contributed by atoms with Crippen LogP contribution in [0.4, 0.5) is 4.39 Å². The van der Waals surface area contributed by atoms with Crippen molar-refractivity contribution in [3.63, 3.8) is 0 Å². The predicted octanol–water partition coefficient (Wildman–Crippen LogP) is 1.03. The number of rotatable bonds is 2. The van der Waals surface area contributed by atoms with E-state index in [9.17, 15) is 9.50 Å². The first-order valence-electron chi connectivity index (χ1n) is 3.65. The minimum absolute atomic E-state index is 0.380. The van der Waals surface area contributed by atoms with E-state index in [0.29, 0.717) is 5.56 Å². The lowest BCUT2D eigenvalue weighted by Crippen LogP contribution is -2.25. The summed E-state index contributed by atoms with van der Waals surface area (Å²) in [6.45, 7) is 1.01. The average Bonchev–Trinajstić information content (AvgIpc) is 2.05. The van der Waals surface area contributed by atoms with Crippen molar-refractivity contribution in [1.29, 1.82) is 0 Å². The van der Waals surface area contributed by atoms with E-state index >= 15 is 0 Å². The van der Waals surface area contributed by atoms with Crippen LogP contribution in [-0.2, 0) is 5.60 Å². The molecule has 1 unspecified atom stereocenters. The molecule has 1 atom stereocenters. The topological polar surface area (TPSA) is 40.5 Å². The first-order valence-corrected chi connectivity index (χ1v) is 3.65. The van der Waals surface area contributed by atoms with E-state index in [0.717, 1.165) is 0 Å². The monoisotopic (exact) mass is 170 g/mol. The number of benzene rings is 1. The number of hydrogen-bond donors (Lipinski definition) is 2.